The molecular formula is C15H21NO2S. The third-order valence-corrected chi connectivity index (χ3v) is 5.53. The standard InChI is InChI=1S/C15H21NO2S/c1-15(2)13(11-7-8-18-14(11)15)16-12(17)6-5-10-4-3-9-19-10/h3-4,9,11,13-14H,5-8H2,1-2H3,(H,16,17)/t11-,13-,14+/m1/s1. The van der Waals surface area contributed by atoms with Crippen molar-refractivity contribution in [2.24, 2.45) is 11.3 Å². The van der Waals surface area contributed by atoms with Crippen molar-refractivity contribution in [2.45, 2.75) is 45.3 Å². The number of nitrogens with one attached hydrogen (secondary N) is 1. The van der Waals surface area contributed by atoms with E-state index in [0.29, 0.717) is 18.4 Å². The second-order valence-electron chi connectivity index (χ2n) is 6.19. The van der Waals surface area contributed by atoms with Gasteiger partial charge in [0.05, 0.1) is 6.10 Å². The van der Waals surface area contributed by atoms with E-state index < -0.39 is 0 Å². The molecule has 4 heteroatoms. The number of carbonyl (C=O) groups is 1. The number of thiophene rings is 1. The molecule has 1 amide bonds. The molecule has 3 rings (SSSR count). The Balaban J connectivity index is 1.52. The number of aryl methyl sites for hydroxylation is 1. The number of hydrogen-bond donors (Lipinski definition) is 1. The summed E-state index contributed by atoms with van der Waals surface area (Å²) in [4.78, 5) is 13.4. The topological polar surface area (TPSA) is 38.3 Å². The van der Waals surface area contributed by atoms with Gasteiger partial charge in [-0.1, -0.05) is 19.9 Å². The number of carbonyl (C=O) groups excluding carboxylic acids is 1. The summed E-state index contributed by atoms with van der Waals surface area (Å²) in [7, 11) is 0. The predicted octanol–water partition coefficient (Wildman–Crippen LogP) is 2.61. The minimum absolute atomic E-state index is 0.0831. The first-order valence-corrected chi connectivity index (χ1v) is 7.90. The third kappa shape index (κ3) is 2.32. The second-order valence-corrected chi connectivity index (χ2v) is 7.22. The number of fused-ring (bicyclic) bond motifs is 1. The molecule has 1 aliphatic heterocycles. The molecule has 0 bridgehead atoms. The summed E-state index contributed by atoms with van der Waals surface area (Å²) in [5, 5.41) is 5.28. The summed E-state index contributed by atoms with van der Waals surface area (Å²) in [6.45, 7) is 5.24. The van der Waals surface area contributed by atoms with Crippen molar-refractivity contribution in [3.05, 3.63) is 22.4 Å². The molecule has 19 heavy (non-hydrogen) atoms. The van der Waals surface area contributed by atoms with E-state index in [0.717, 1.165) is 19.4 Å². The first-order chi connectivity index (χ1) is 9.09. The van der Waals surface area contributed by atoms with Gasteiger partial charge in [-0.25, -0.2) is 0 Å². The molecule has 1 aromatic rings. The smallest absolute Gasteiger partial charge is 0.220 e. The third-order valence-electron chi connectivity index (χ3n) is 4.60. The zero-order chi connectivity index (χ0) is 13.5. The molecule has 1 N–H and O–H groups in total. The summed E-state index contributed by atoms with van der Waals surface area (Å²) < 4.78 is 5.75. The van der Waals surface area contributed by atoms with Crippen LogP contribution in [0.4, 0.5) is 0 Å². The number of hydrogen-bond acceptors (Lipinski definition) is 3. The van der Waals surface area contributed by atoms with Crippen molar-refractivity contribution >= 4 is 17.2 Å². The first kappa shape index (κ1) is 13.1. The van der Waals surface area contributed by atoms with Crippen LogP contribution < -0.4 is 5.32 Å². The van der Waals surface area contributed by atoms with Crippen LogP contribution in [0.25, 0.3) is 0 Å². The number of amides is 1. The second kappa shape index (κ2) is 4.91. The average Bonchev–Trinajstić information content (AvgIpc) is 3.03. The molecule has 0 aromatic carbocycles. The van der Waals surface area contributed by atoms with Crippen LogP contribution in [-0.2, 0) is 16.0 Å². The Morgan fingerprint density at radius 1 is 1.58 bits per heavy atom. The Hall–Kier alpha value is -0.870. The molecule has 2 aliphatic rings. The van der Waals surface area contributed by atoms with E-state index >= 15 is 0 Å². The number of ether oxygens (including phenoxy) is 1. The summed E-state index contributed by atoms with van der Waals surface area (Å²) in [6, 6.07) is 4.41. The van der Waals surface area contributed by atoms with Crippen molar-refractivity contribution in [1.29, 1.82) is 0 Å². The Morgan fingerprint density at radius 2 is 2.42 bits per heavy atom. The zero-order valence-corrected chi connectivity index (χ0v) is 12.3. The van der Waals surface area contributed by atoms with Crippen molar-refractivity contribution in [1.82, 2.24) is 5.32 Å². The molecule has 0 spiro atoms. The largest absolute Gasteiger partial charge is 0.377 e. The fraction of sp³-hybridized carbons (Fsp3) is 0.667. The van der Waals surface area contributed by atoms with Gasteiger partial charge in [-0.3, -0.25) is 4.79 Å². The van der Waals surface area contributed by atoms with E-state index in [-0.39, 0.29) is 17.4 Å². The molecule has 104 valence electrons. The van der Waals surface area contributed by atoms with Crippen LogP contribution in [0.15, 0.2) is 17.5 Å². The van der Waals surface area contributed by atoms with Gasteiger partial charge < -0.3 is 10.1 Å². The lowest BCUT2D eigenvalue weighted by Crippen LogP contribution is -2.66. The lowest BCUT2D eigenvalue weighted by Gasteiger charge is -2.54. The van der Waals surface area contributed by atoms with Crippen LogP contribution in [0.3, 0.4) is 0 Å². The lowest BCUT2D eigenvalue weighted by atomic mass is 9.57. The van der Waals surface area contributed by atoms with Crippen molar-refractivity contribution < 1.29 is 9.53 Å². The molecule has 0 unspecified atom stereocenters. The van der Waals surface area contributed by atoms with Crippen molar-refractivity contribution in [3.8, 4) is 0 Å². The summed E-state index contributed by atoms with van der Waals surface area (Å²) in [5.41, 5.74) is 0.0831. The highest BCUT2D eigenvalue weighted by molar-refractivity contribution is 7.09. The maximum Gasteiger partial charge on any atom is 0.220 e. The van der Waals surface area contributed by atoms with Gasteiger partial charge in [-0.15, -0.1) is 11.3 Å². The van der Waals surface area contributed by atoms with E-state index in [9.17, 15) is 4.79 Å². The van der Waals surface area contributed by atoms with Crippen LogP contribution >= 0.6 is 11.3 Å². The fourth-order valence-electron chi connectivity index (χ4n) is 3.55. The van der Waals surface area contributed by atoms with Gasteiger partial charge in [0.25, 0.3) is 0 Å². The Kier molecular flexibility index (Phi) is 3.39. The molecular weight excluding hydrogens is 258 g/mol. The van der Waals surface area contributed by atoms with Crippen LogP contribution in [0.2, 0.25) is 0 Å². The zero-order valence-electron chi connectivity index (χ0n) is 11.5. The van der Waals surface area contributed by atoms with Crippen LogP contribution in [0.5, 0.6) is 0 Å². The van der Waals surface area contributed by atoms with Crippen LogP contribution in [0.1, 0.15) is 31.6 Å². The maximum atomic E-state index is 12.1. The van der Waals surface area contributed by atoms with E-state index in [4.69, 9.17) is 4.74 Å². The fourth-order valence-corrected chi connectivity index (χ4v) is 4.26. The maximum absolute atomic E-state index is 12.1. The average molecular weight is 279 g/mol. The summed E-state index contributed by atoms with van der Waals surface area (Å²) in [5.74, 6) is 0.706. The minimum Gasteiger partial charge on any atom is -0.377 e. The summed E-state index contributed by atoms with van der Waals surface area (Å²) >= 11 is 1.72. The van der Waals surface area contributed by atoms with Gasteiger partial charge in [-0.2, -0.15) is 0 Å². The Labute approximate surface area is 118 Å². The molecule has 3 nitrogen and oxygen atoms in total. The van der Waals surface area contributed by atoms with Crippen LogP contribution in [0, 0.1) is 11.3 Å². The van der Waals surface area contributed by atoms with Gasteiger partial charge >= 0.3 is 0 Å². The Bertz CT molecular complexity index is 455. The molecule has 1 saturated carbocycles. The van der Waals surface area contributed by atoms with E-state index in [1.54, 1.807) is 11.3 Å². The van der Waals surface area contributed by atoms with E-state index in [1.165, 1.54) is 4.88 Å². The van der Waals surface area contributed by atoms with Gasteiger partial charge in [-0.05, 0) is 24.3 Å². The van der Waals surface area contributed by atoms with Crippen LogP contribution in [-0.4, -0.2) is 24.7 Å². The normalized spacial score (nSPS) is 31.6. The highest BCUT2D eigenvalue weighted by Gasteiger charge is 2.59. The van der Waals surface area contributed by atoms with Gasteiger partial charge in [0.1, 0.15) is 0 Å². The molecule has 1 saturated heterocycles. The quantitative estimate of drug-likeness (QED) is 0.920. The predicted molar refractivity (Wildman–Crippen MR) is 76.2 cm³/mol. The SMILES string of the molecule is CC1(C)[C@H](NC(=O)CCc2cccs2)[C@H]2CCO[C@@H]21. The van der Waals surface area contributed by atoms with Gasteiger partial charge in [0.15, 0.2) is 0 Å². The highest BCUT2D eigenvalue weighted by atomic mass is 32.1. The molecule has 0 radical (unpaired) electrons. The Morgan fingerprint density at radius 3 is 3.16 bits per heavy atom. The van der Waals surface area contributed by atoms with E-state index in [1.807, 2.05) is 6.07 Å². The molecule has 2 heterocycles. The van der Waals surface area contributed by atoms with Crippen molar-refractivity contribution in [3.63, 3.8) is 0 Å². The van der Waals surface area contributed by atoms with E-state index in [2.05, 4.69) is 30.6 Å². The monoisotopic (exact) mass is 279 g/mol. The number of rotatable bonds is 4. The minimum atomic E-state index is 0.0831. The molecule has 2 fully saturated rings. The first-order valence-electron chi connectivity index (χ1n) is 7.02. The van der Waals surface area contributed by atoms with Crippen molar-refractivity contribution in [2.75, 3.05) is 6.61 Å². The summed E-state index contributed by atoms with van der Waals surface area (Å²) in [6.07, 6.45) is 2.87. The van der Waals surface area contributed by atoms with Gasteiger partial charge in [0, 0.05) is 35.3 Å². The lowest BCUT2D eigenvalue weighted by molar-refractivity contribution is -0.137. The molecule has 1 aliphatic carbocycles. The highest BCUT2D eigenvalue weighted by Crippen LogP contribution is 2.52. The van der Waals surface area contributed by atoms with Gasteiger partial charge in [0.2, 0.25) is 5.91 Å². The molecule has 3 atom stereocenters. The molecule has 1 aromatic heterocycles.